The quantitative estimate of drug-likeness (QED) is 0.531. The maximum atomic E-state index is 5.90. The zero-order chi connectivity index (χ0) is 14.1. The number of hydrogen-bond donors (Lipinski definition) is 2. The number of thioether (sulfide) groups is 1. The van der Waals surface area contributed by atoms with Crippen LogP contribution in [0.4, 0.5) is 11.4 Å². The van der Waals surface area contributed by atoms with E-state index in [9.17, 15) is 0 Å². The Morgan fingerprint density at radius 2 is 2.16 bits per heavy atom. The molecule has 0 aliphatic carbocycles. The zero-order valence-electron chi connectivity index (χ0n) is 12.2. The van der Waals surface area contributed by atoms with Gasteiger partial charge in [-0.25, -0.2) is 0 Å². The third-order valence-electron chi connectivity index (χ3n) is 2.79. The zero-order valence-corrected chi connectivity index (χ0v) is 13.1. The van der Waals surface area contributed by atoms with Crippen molar-refractivity contribution in [1.82, 2.24) is 0 Å². The highest BCUT2D eigenvalue weighted by atomic mass is 32.2. The van der Waals surface area contributed by atoms with Crippen LogP contribution in [0.2, 0.25) is 0 Å². The number of nitrogens with two attached hydrogens (primary N) is 1. The van der Waals surface area contributed by atoms with Gasteiger partial charge in [0.2, 0.25) is 0 Å². The molecule has 3 N–H and O–H groups in total. The van der Waals surface area contributed by atoms with Gasteiger partial charge in [-0.3, -0.25) is 0 Å². The first-order valence-corrected chi connectivity index (χ1v) is 8.19. The van der Waals surface area contributed by atoms with Crippen LogP contribution in [0.1, 0.15) is 33.6 Å². The SMILES string of the molecule is CCCOc1cc(NC(C)CCSCC)ccc1N. The molecule has 0 aliphatic rings. The van der Waals surface area contributed by atoms with E-state index in [0.717, 1.165) is 24.3 Å². The maximum Gasteiger partial charge on any atom is 0.144 e. The van der Waals surface area contributed by atoms with Crippen LogP contribution >= 0.6 is 11.8 Å². The lowest BCUT2D eigenvalue weighted by Gasteiger charge is -2.16. The molecule has 1 aromatic rings. The van der Waals surface area contributed by atoms with E-state index < -0.39 is 0 Å². The van der Waals surface area contributed by atoms with Gasteiger partial charge in [-0.15, -0.1) is 0 Å². The number of rotatable bonds is 9. The second-order valence-corrected chi connectivity index (χ2v) is 6.03. The minimum absolute atomic E-state index is 0.460. The Balaban J connectivity index is 2.53. The molecule has 0 fully saturated rings. The molecule has 3 nitrogen and oxygen atoms in total. The largest absolute Gasteiger partial charge is 0.491 e. The lowest BCUT2D eigenvalue weighted by molar-refractivity contribution is 0.319. The third-order valence-corrected chi connectivity index (χ3v) is 3.72. The summed E-state index contributed by atoms with van der Waals surface area (Å²) in [6, 6.07) is 6.37. The third kappa shape index (κ3) is 6.10. The Morgan fingerprint density at radius 1 is 1.37 bits per heavy atom. The highest BCUT2D eigenvalue weighted by Crippen LogP contribution is 2.26. The number of hydrogen-bond acceptors (Lipinski definition) is 4. The minimum Gasteiger partial charge on any atom is -0.491 e. The van der Waals surface area contributed by atoms with Gasteiger partial charge in [-0.1, -0.05) is 13.8 Å². The average Bonchev–Trinajstić information content (AvgIpc) is 2.39. The molecular formula is C15H26N2OS. The highest BCUT2D eigenvalue weighted by molar-refractivity contribution is 7.99. The van der Waals surface area contributed by atoms with Crippen molar-refractivity contribution in [3.63, 3.8) is 0 Å². The van der Waals surface area contributed by atoms with Gasteiger partial charge in [-0.2, -0.15) is 11.8 Å². The Labute approximate surface area is 121 Å². The normalized spacial score (nSPS) is 12.2. The summed E-state index contributed by atoms with van der Waals surface area (Å²) in [5.74, 6) is 3.16. The molecule has 1 unspecified atom stereocenters. The van der Waals surface area contributed by atoms with Gasteiger partial charge in [0.1, 0.15) is 5.75 Å². The first kappa shape index (κ1) is 16.0. The van der Waals surface area contributed by atoms with Crippen LogP contribution in [0.15, 0.2) is 18.2 Å². The fourth-order valence-electron chi connectivity index (χ4n) is 1.72. The van der Waals surface area contributed by atoms with Gasteiger partial charge in [0.05, 0.1) is 12.3 Å². The van der Waals surface area contributed by atoms with Crippen molar-refractivity contribution in [2.75, 3.05) is 29.2 Å². The van der Waals surface area contributed by atoms with Crippen LogP contribution in [-0.4, -0.2) is 24.2 Å². The van der Waals surface area contributed by atoms with Crippen LogP contribution in [0, 0.1) is 0 Å². The van der Waals surface area contributed by atoms with E-state index in [0.29, 0.717) is 18.3 Å². The summed E-state index contributed by atoms with van der Waals surface area (Å²) in [7, 11) is 0. The van der Waals surface area contributed by atoms with E-state index in [1.54, 1.807) is 0 Å². The van der Waals surface area contributed by atoms with Gasteiger partial charge >= 0.3 is 0 Å². The Kier molecular flexibility index (Phi) is 7.56. The molecule has 108 valence electrons. The predicted octanol–water partition coefficient (Wildman–Crippen LogP) is 4.00. The van der Waals surface area contributed by atoms with Crippen LogP contribution < -0.4 is 15.8 Å². The van der Waals surface area contributed by atoms with E-state index in [1.807, 2.05) is 30.0 Å². The molecule has 1 atom stereocenters. The Bertz CT molecular complexity index is 371. The summed E-state index contributed by atoms with van der Waals surface area (Å²) in [6.07, 6.45) is 2.15. The van der Waals surface area contributed by atoms with E-state index in [4.69, 9.17) is 10.5 Å². The molecular weight excluding hydrogens is 256 g/mol. The lowest BCUT2D eigenvalue weighted by atomic mass is 10.2. The fourth-order valence-corrected chi connectivity index (χ4v) is 2.53. The Morgan fingerprint density at radius 3 is 2.84 bits per heavy atom. The number of benzene rings is 1. The van der Waals surface area contributed by atoms with Gasteiger partial charge in [0.25, 0.3) is 0 Å². The molecule has 0 amide bonds. The number of nitrogen functional groups attached to an aromatic ring is 1. The number of ether oxygens (including phenoxy) is 1. The molecule has 19 heavy (non-hydrogen) atoms. The first-order valence-electron chi connectivity index (χ1n) is 7.04. The molecule has 0 heterocycles. The molecule has 0 aliphatic heterocycles. The second-order valence-electron chi connectivity index (χ2n) is 4.63. The molecule has 0 spiro atoms. The molecule has 0 saturated carbocycles. The van der Waals surface area contributed by atoms with Crippen molar-refractivity contribution in [2.45, 2.75) is 39.7 Å². The second kappa shape index (κ2) is 8.97. The maximum absolute atomic E-state index is 5.90. The number of anilines is 2. The molecule has 1 rings (SSSR count). The lowest BCUT2D eigenvalue weighted by Crippen LogP contribution is -2.16. The monoisotopic (exact) mass is 282 g/mol. The molecule has 0 radical (unpaired) electrons. The van der Waals surface area contributed by atoms with Gasteiger partial charge in [0.15, 0.2) is 0 Å². The van der Waals surface area contributed by atoms with E-state index in [2.05, 4.69) is 26.1 Å². The molecule has 1 aromatic carbocycles. The van der Waals surface area contributed by atoms with Crippen molar-refractivity contribution < 1.29 is 4.74 Å². The Hall–Kier alpha value is -1.03. The minimum atomic E-state index is 0.460. The van der Waals surface area contributed by atoms with Gasteiger partial charge in [0, 0.05) is 17.8 Å². The van der Waals surface area contributed by atoms with Crippen molar-refractivity contribution >= 4 is 23.1 Å². The summed E-state index contributed by atoms with van der Waals surface area (Å²) >= 11 is 1.98. The summed E-state index contributed by atoms with van der Waals surface area (Å²) in [4.78, 5) is 0. The topological polar surface area (TPSA) is 47.3 Å². The highest BCUT2D eigenvalue weighted by Gasteiger charge is 2.05. The summed E-state index contributed by atoms with van der Waals surface area (Å²) < 4.78 is 5.64. The van der Waals surface area contributed by atoms with Crippen LogP contribution in [0.5, 0.6) is 5.75 Å². The smallest absolute Gasteiger partial charge is 0.144 e. The van der Waals surface area contributed by atoms with Crippen molar-refractivity contribution in [3.8, 4) is 5.75 Å². The van der Waals surface area contributed by atoms with Gasteiger partial charge in [-0.05, 0) is 43.4 Å². The standard InChI is InChI=1S/C15H26N2OS/c1-4-9-18-15-11-13(6-7-14(15)16)17-12(3)8-10-19-5-2/h6-7,11-12,17H,4-5,8-10,16H2,1-3H3. The van der Waals surface area contributed by atoms with Crippen LogP contribution in [-0.2, 0) is 0 Å². The van der Waals surface area contributed by atoms with Crippen molar-refractivity contribution in [2.24, 2.45) is 0 Å². The molecule has 0 saturated heterocycles. The number of nitrogens with one attached hydrogen (secondary N) is 1. The summed E-state index contributed by atoms with van der Waals surface area (Å²) in [6.45, 7) is 7.20. The van der Waals surface area contributed by atoms with E-state index >= 15 is 0 Å². The van der Waals surface area contributed by atoms with Crippen molar-refractivity contribution in [1.29, 1.82) is 0 Å². The summed E-state index contributed by atoms with van der Waals surface area (Å²) in [5, 5.41) is 3.50. The van der Waals surface area contributed by atoms with E-state index in [1.165, 1.54) is 11.5 Å². The predicted molar refractivity (Wildman–Crippen MR) is 87.3 cm³/mol. The molecule has 4 heteroatoms. The molecule has 0 bridgehead atoms. The first-order chi connectivity index (χ1) is 9.17. The molecule has 0 aromatic heterocycles. The van der Waals surface area contributed by atoms with Gasteiger partial charge < -0.3 is 15.8 Å². The van der Waals surface area contributed by atoms with E-state index in [-0.39, 0.29) is 0 Å². The van der Waals surface area contributed by atoms with Crippen molar-refractivity contribution in [3.05, 3.63) is 18.2 Å². The summed E-state index contributed by atoms with van der Waals surface area (Å²) in [5.41, 5.74) is 7.68. The van der Waals surface area contributed by atoms with Crippen LogP contribution in [0.3, 0.4) is 0 Å². The fraction of sp³-hybridized carbons (Fsp3) is 0.600. The van der Waals surface area contributed by atoms with Crippen LogP contribution in [0.25, 0.3) is 0 Å². The average molecular weight is 282 g/mol.